The molecule has 6 nitrogen and oxygen atoms in total. The zero-order chi connectivity index (χ0) is 20.3. The minimum Gasteiger partial charge on any atom is -0.493 e. The number of imide groups is 1. The fourth-order valence-electron chi connectivity index (χ4n) is 2.92. The van der Waals surface area contributed by atoms with Gasteiger partial charge in [-0.05, 0) is 38.5 Å². The zero-order valence-corrected chi connectivity index (χ0v) is 16.5. The van der Waals surface area contributed by atoms with E-state index in [1.54, 1.807) is 19.3 Å². The van der Waals surface area contributed by atoms with Crippen LogP contribution in [0.4, 0.5) is 4.79 Å². The Bertz CT molecular complexity index is 917. The number of urea groups is 1. The van der Waals surface area contributed by atoms with E-state index >= 15 is 0 Å². The number of aryl methyl sites for hydroxylation is 1. The van der Waals surface area contributed by atoms with Crippen LogP contribution in [0.15, 0.2) is 48.2 Å². The highest BCUT2D eigenvalue weighted by Gasteiger charge is 2.33. The predicted octanol–water partition coefficient (Wildman–Crippen LogP) is 3.88. The number of hydrogen-bond donors (Lipinski definition) is 1. The molecule has 0 atom stereocenters. The van der Waals surface area contributed by atoms with Crippen molar-refractivity contribution < 1.29 is 19.1 Å². The fraction of sp³-hybridized carbons (Fsp3) is 0.273. The Balaban J connectivity index is 1.88. The lowest BCUT2D eigenvalue weighted by Gasteiger charge is -2.16. The summed E-state index contributed by atoms with van der Waals surface area (Å²) in [6, 6.07) is 12.7. The van der Waals surface area contributed by atoms with Gasteiger partial charge in [-0.2, -0.15) is 0 Å². The zero-order valence-electron chi connectivity index (χ0n) is 16.5. The first-order chi connectivity index (χ1) is 13.4. The summed E-state index contributed by atoms with van der Waals surface area (Å²) in [6.45, 7) is 6.03. The van der Waals surface area contributed by atoms with Crippen molar-refractivity contribution in [3.8, 4) is 11.5 Å². The fourth-order valence-corrected chi connectivity index (χ4v) is 2.92. The Morgan fingerprint density at radius 1 is 1.11 bits per heavy atom. The van der Waals surface area contributed by atoms with Gasteiger partial charge in [0.2, 0.25) is 0 Å². The SMILES string of the molecule is COc1cccc(C=C2NC(=O)N(Cc3ccc(C)cc3)C2=O)c1OC(C)C. The van der Waals surface area contributed by atoms with E-state index in [9.17, 15) is 9.59 Å². The molecule has 28 heavy (non-hydrogen) atoms. The van der Waals surface area contributed by atoms with Gasteiger partial charge in [-0.25, -0.2) is 4.79 Å². The molecule has 6 heteroatoms. The monoisotopic (exact) mass is 380 g/mol. The molecule has 0 spiro atoms. The first-order valence-electron chi connectivity index (χ1n) is 9.12. The summed E-state index contributed by atoms with van der Waals surface area (Å²) >= 11 is 0. The third kappa shape index (κ3) is 4.17. The van der Waals surface area contributed by atoms with Crippen LogP contribution >= 0.6 is 0 Å². The summed E-state index contributed by atoms with van der Waals surface area (Å²) in [7, 11) is 1.56. The van der Waals surface area contributed by atoms with Crippen LogP contribution in [0.3, 0.4) is 0 Å². The van der Waals surface area contributed by atoms with Crippen molar-refractivity contribution in [1.29, 1.82) is 0 Å². The van der Waals surface area contributed by atoms with E-state index in [1.165, 1.54) is 4.90 Å². The second-order valence-corrected chi connectivity index (χ2v) is 6.91. The second kappa shape index (κ2) is 8.17. The van der Waals surface area contributed by atoms with Gasteiger partial charge in [0.1, 0.15) is 5.70 Å². The van der Waals surface area contributed by atoms with Crippen LogP contribution in [0.1, 0.15) is 30.5 Å². The molecule has 3 rings (SSSR count). The van der Waals surface area contributed by atoms with Gasteiger partial charge in [0.25, 0.3) is 5.91 Å². The maximum Gasteiger partial charge on any atom is 0.329 e. The summed E-state index contributed by atoms with van der Waals surface area (Å²) < 4.78 is 11.2. The predicted molar refractivity (Wildman–Crippen MR) is 107 cm³/mol. The van der Waals surface area contributed by atoms with Crippen molar-refractivity contribution in [2.75, 3.05) is 7.11 Å². The molecule has 146 valence electrons. The lowest BCUT2D eigenvalue weighted by Crippen LogP contribution is -2.30. The number of hydrogen-bond acceptors (Lipinski definition) is 4. The van der Waals surface area contributed by atoms with Crippen LogP contribution < -0.4 is 14.8 Å². The molecule has 1 aliphatic heterocycles. The van der Waals surface area contributed by atoms with Crippen LogP contribution in [-0.2, 0) is 11.3 Å². The van der Waals surface area contributed by atoms with Crippen LogP contribution in [0.5, 0.6) is 11.5 Å². The summed E-state index contributed by atoms with van der Waals surface area (Å²) in [5.74, 6) is 0.728. The molecule has 1 aliphatic rings. The molecule has 0 unspecified atom stereocenters. The van der Waals surface area contributed by atoms with Crippen molar-refractivity contribution in [1.82, 2.24) is 10.2 Å². The van der Waals surface area contributed by atoms with E-state index in [1.807, 2.05) is 57.2 Å². The number of nitrogens with one attached hydrogen (secondary N) is 1. The third-order valence-electron chi connectivity index (χ3n) is 4.31. The summed E-state index contributed by atoms with van der Waals surface area (Å²) in [6.07, 6.45) is 1.55. The average molecular weight is 380 g/mol. The normalized spacial score (nSPS) is 15.3. The molecule has 2 aromatic rings. The maximum absolute atomic E-state index is 12.8. The van der Waals surface area contributed by atoms with Gasteiger partial charge in [0.15, 0.2) is 11.5 Å². The Morgan fingerprint density at radius 2 is 1.82 bits per heavy atom. The van der Waals surface area contributed by atoms with Gasteiger partial charge in [-0.15, -0.1) is 0 Å². The summed E-state index contributed by atoms with van der Waals surface area (Å²) in [4.78, 5) is 26.3. The molecule has 0 aromatic heterocycles. The number of benzene rings is 2. The maximum atomic E-state index is 12.8. The first kappa shape index (κ1) is 19.5. The molecule has 1 saturated heterocycles. The quantitative estimate of drug-likeness (QED) is 0.610. The average Bonchev–Trinajstić information content (AvgIpc) is 2.92. The van der Waals surface area contributed by atoms with Gasteiger partial charge in [0, 0.05) is 5.56 Å². The number of para-hydroxylation sites is 1. The molecule has 0 radical (unpaired) electrons. The van der Waals surface area contributed by atoms with Crippen LogP contribution in [0, 0.1) is 6.92 Å². The Kier molecular flexibility index (Phi) is 5.68. The Hall–Kier alpha value is -3.28. The van der Waals surface area contributed by atoms with Gasteiger partial charge < -0.3 is 14.8 Å². The molecular formula is C22H24N2O4. The summed E-state index contributed by atoms with van der Waals surface area (Å²) in [5, 5.41) is 2.65. The molecule has 0 bridgehead atoms. The third-order valence-corrected chi connectivity index (χ3v) is 4.31. The Morgan fingerprint density at radius 3 is 2.46 bits per heavy atom. The topological polar surface area (TPSA) is 67.9 Å². The number of rotatable bonds is 6. The minimum atomic E-state index is -0.439. The number of amides is 3. The number of nitrogens with zero attached hydrogens (tertiary/aromatic N) is 1. The second-order valence-electron chi connectivity index (χ2n) is 6.91. The van der Waals surface area contributed by atoms with E-state index in [0.29, 0.717) is 17.1 Å². The molecule has 0 aliphatic carbocycles. The van der Waals surface area contributed by atoms with Crippen molar-refractivity contribution in [2.45, 2.75) is 33.4 Å². The highest BCUT2D eigenvalue weighted by atomic mass is 16.5. The van der Waals surface area contributed by atoms with Gasteiger partial charge in [-0.3, -0.25) is 9.69 Å². The highest BCUT2D eigenvalue weighted by Crippen LogP contribution is 2.34. The largest absolute Gasteiger partial charge is 0.493 e. The lowest BCUT2D eigenvalue weighted by atomic mass is 10.1. The number of ether oxygens (including phenoxy) is 2. The number of methoxy groups -OCH3 is 1. The van der Waals surface area contributed by atoms with Crippen molar-refractivity contribution in [3.05, 3.63) is 64.9 Å². The number of carbonyl (C=O) groups is 2. The molecule has 1 N–H and O–H groups in total. The standard InChI is InChI=1S/C22H24N2O4/c1-14(2)28-20-17(6-5-7-19(20)27-4)12-18-21(25)24(22(26)23-18)13-16-10-8-15(3)9-11-16/h5-12,14H,13H2,1-4H3,(H,23,26). The van der Waals surface area contributed by atoms with E-state index in [2.05, 4.69) is 5.32 Å². The first-order valence-corrected chi connectivity index (χ1v) is 9.12. The van der Waals surface area contributed by atoms with E-state index in [-0.39, 0.29) is 24.3 Å². The molecular weight excluding hydrogens is 356 g/mol. The van der Waals surface area contributed by atoms with E-state index in [4.69, 9.17) is 9.47 Å². The van der Waals surface area contributed by atoms with Crippen LogP contribution in [-0.4, -0.2) is 30.1 Å². The smallest absolute Gasteiger partial charge is 0.329 e. The van der Waals surface area contributed by atoms with E-state index < -0.39 is 6.03 Å². The minimum absolute atomic E-state index is 0.0691. The molecule has 0 saturated carbocycles. The lowest BCUT2D eigenvalue weighted by molar-refractivity contribution is -0.123. The van der Waals surface area contributed by atoms with Crippen molar-refractivity contribution in [2.24, 2.45) is 0 Å². The van der Waals surface area contributed by atoms with Gasteiger partial charge in [-0.1, -0.05) is 42.0 Å². The van der Waals surface area contributed by atoms with Crippen LogP contribution in [0.25, 0.3) is 6.08 Å². The Labute approximate surface area is 164 Å². The number of carbonyl (C=O) groups excluding carboxylic acids is 2. The molecule has 2 aromatic carbocycles. The van der Waals surface area contributed by atoms with Crippen LogP contribution in [0.2, 0.25) is 0 Å². The van der Waals surface area contributed by atoms with Crippen molar-refractivity contribution >= 4 is 18.0 Å². The van der Waals surface area contributed by atoms with E-state index in [0.717, 1.165) is 11.1 Å². The molecule has 3 amide bonds. The summed E-state index contributed by atoms with van der Waals surface area (Å²) in [5.41, 5.74) is 2.88. The van der Waals surface area contributed by atoms with Gasteiger partial charge in [0.05, 0.1) is 19.8 Å². The molecule has 1 fully saturated rings. The molecule has 1 heterocycles. The van der Waals surface area contributed by atoms with Crippen molar-refractivity contribution in [3.63, 3.8) is 0 Å². The highest BCUT2D eigenvalue weighted by molar-refractivity contribution is 6.14. The van der Waals surface area contributed by atoms with Gasteiger partial charge >= 0.3 is 6.03 Å².